The number of carbonyl (C=O) groups is 2. The molecule has 1 aliphatic heterocycles. The molecule has 3 N–H and O–H groups in total. The SMILES string of the molecule is O=C1NCCCC(c2ncc(-c3cc(N(C(=O)O)c4nccc(C(F)(F)F)n4)cc([N+](=O)[O-])c3)s2)N1. The normalized spacial score (nSPS) is 16.0. The molecule has 0 saturated carbocycles. The lowest BCUT2D eigenvalue weighted by Crippen LogP contribution is -2.34. The van der Waals surface area contributed by atoms with Gasteiger partial charge in [-0.3, -0.25) is 10.1 Å². The van der Waals surface area contributed by atoms with Crippen molar-refractivity contribution in [1.82, 2.24) is 25.6 Å². The average Bonchev–Trinajstić information content (AvgIpc) is 3.21. The zero-order valence-corrected chi connectivity index (χ0v) is 18.8. The van der Waals surface area contributed by atoms with Crippen molar-refractivity contribution in [2.45, 2.75) is 25.1 Å². The summed E-state index contributed by atoms with van der Waals surface area (Å²) in [7, 11) is 0. The number of carbonyl (C=O) groups excluding carboxylic acids is 1. The maximum atomic E-state index is 13.1. The zero-order chi connectivity index (χ0) is 26.0. The molecule has 36 heavy (non-hydrogen) atoms. The number of rotatable bonds is 5. The van der Waals surface area contributed by atoms with Gasteiger partial charge < -0.3 is 15.7 Å². The van der Waals surface area contributed by atoms with Crippen LogP contribution in [-0.2, 0) is 6.18 Å². The quantitative estimate of drug-likeness (QED) is 0.326. The van der Waals surface area contributed by atoms with Crippen LogP contribution in [0, 0.1) is 10.1 Å². The summed E-state index contributed by atoms with van der Waals surface area (Å²) in [5.74, 6) is -0.831. The number of aromatic nitrogens is 3. The van der Waals surface area contributed by atoms with Crippen LogP contribution in [0.25, 0.3) is 10.4 Å². The van der Waals surface area contributed by atoms with E-state index in [9.17, 15) is 38.0 Å². The molecule has 1 unspecified atom stereocenters. The molecule has 12 nitrogen and oxygen atoms in total. The molecule has 1 fully saturated rings. The number of hydrogen-bond donors (Lipinski definition) is 3. The van der Waals surface area contributed by atoms with Crippen LogP contribution in [0.15, 0.2) is 36.7 Å². The molecule has 0 radical (unpaired) electrons. The molecule has 2 aromatic heterocycles. The van der Waals surface area contributed by atoms with Gasteiger partial charge in [0.15, 0.2) is 0 Å². The molecule has 1 saturated heterocycles. The van der Waals surface area contributed by atoms with Crippen LogP contribution in [0.5, 0.6) is 0 Å². The summed E-state index contributed by atoms with van der Waals surface area (Å²) < 4.78 is 39.3. The first-order valence-electron chi connectivity index (χ1n) is 10.3. The predicted octanol–water partition coefficient (Wildman–Crippen LogP) is 4.48. The highest BCUT2D eigenvalue weighted by Crippen LogP contribution is 2.37. The third kappa shape index (κ3) is 5.32. The van der Waals surface area contributed by atoms with E-state index in [-0.39, 0.29) is 17.3 Å². The summed E-state index contributed by atoms with van der Waals surface area (Å²) >= 11 is 1.13. The van der Waals surface area contributed by atoms with Gasteiger partial charge in [0.2, 0.25) is 5.95 Å². The van der Waals surface area contributed by atoms with E-state index in [4.69, 9.17) is 0 Å². The topological polar surface area (TPSA) is 163 Å². The third-order valence-corrected chi connectivity index (χ3v) is 6.22. The molecule has 3 aromatic rings. The van der Waals surface area contributed by atoms with Crippen LogP contribution < -0.4 is 15.5 Å². The number of hydrogen-bond acceptors (Lipinski definition) is 8. The van der Waals surface area contributed by atoms with E-state index in [0.717, 1.165) is 23.6 Å². The largest absolute Gasteiger partial charge is 0.464 e. The second kappa shape index (κ2) is 9.73. The van der Waals surface area contributed by atoms with Crippen molar-refractivity contribution >= 4 is 40.8 Å². The first kappa shape index (κ1) is 24.8. The molecule has 0 spiro atoms. The fraction of sp³-hybridized carbons (Fsp3) is 0.250. The molecule has 188 valence electrons. The summed E-state index contributed by atoms with van der Waals surface area (Å²) in [6.45, 7) is 0.497. The Balaban J connectivity index is 1.77. The standard InChI is InChI=1S/C20H16F3N7O5S/c21-20(22,23)15-3-5-24-17(28-15)29(19(32)33)11-6-10(7-12(8-11)30(34)35)14-9-26-16(36-14)13-2-1-4-25-18(31)27-13/h3,5-9,13H,1-2,4H2,(H,32,33)(H2,25,27,31). The molecule has 16 heteroatoms. The zero-order valence-electron chi connectivity index (χ0n) is 18.0. The average molecular weight is 523 g/mol. The Morgan fingerprint density at radius 3 is 2.75 bits per heavy atom. The highest BCUT2D eigenvalue weighted by Gasteiger charge is 2.34. The fourth-order valence-electron chi connectivity index (χ4n) is 3.45. The number of nitro groups is 1. The van der Waals surface area contributed by atoms with Gasteiger partial charge in [0, 0.05) is 36.6 Å². The van der Waals surface area contributed by atoms with Crippen LogP contribution in [-0.4, -0.2) is 43.7 Å². The van der Waals surface area contributed by atoms with Gasteiger partial charge in [-0.05, 0) is 25.0 Å². The van der Waals surface area contributed by atoms with E-state index >= 15 is 0 Å². The Labute approximate surface area is 204 Å². The number of non-ortho nitro benzene ring substituents is 1. The lowest BCUT2D eigenvalue weighted by Gasteiger charge is -2.18. The number of nitrogens with one attached hydrogen (secondary N) is 2. The summed E-state index contributed by atoms with van der Waals surface area (Å²) in [5.41, 5.74) is -2.04. The van der Waals surface area contributed by atoms with Crippen molar-refractivity contribution in [3.8, 4) is 10.4 Å². The fourth-order valence-corrected chi connectivity index (χ4v) is 4.45. The molecular formula is C20H16F3N7O5S. The maximum Gasteiger partial charge on any atom is 0.433 e. The van der Waals surface area contributed by atoms with Gasteiger partial charge in [-0.2, -0.15) is 13.2 Å². The Hall–Kier alpha value is -4.34. The maximum absolute atomic E-state index is 13.1. The van der Waals surface area contributed by atoms with Crippen LogP contribution in [0.1, 0.15) is 29.6 Å². The van der Waals surface area contributed by atoms with Crippen molar-refractivity contribution < 1.29 is 32.8 Å². The lowest BCUT2D eigenvalue weighted by molar-refractivity contribution is -0.384. The number of nitrogens with zero attached hydrogens (tertiary/aromatic N) is 5. The summed E-state index contributed by atoms with van der Waals surface area (Å²) in [4.78, 5) is 46.6. The number of halogens is 3. The van der Waals surface area contributed by atoms with E-state index in [1.165, 1.54) is 18.3 Å². The molecule has 1 atom stereocenters. The first-order valence-corrected chi connectivity index (χ1v) is 11.1. The van der Waals surface area contributed by atoms with Crippen molar-refractivity contribution in [3.63, 3.8) is 0 Å². The number of anilines is 2. The van der Waals surface area contributed by atoms with E-state index in [2.05, 4.69) is 25.6 Å². The number of nitro benzene ring substituents is 1. The molecule has 4 rings (SSSR count). The molecular weight excluding hydrogens is 507 g/mol. The van der Waals surface area contributed by atoms with Crippen molar-refractivity contribution in [2.24, 2.45) is 0 Å². The van der Waals surface area contributed by atoms with E-state index in [1.807, 2.05) is 0 Å². The highest BCUT2D eigenvalue weighted by atomic mass is 32.1. The molecule has 3 amide bonds. The number of urea groups is 1. The van der Waals surface area contributed by atoms with Crippen LogP contribution in [0.4, 0.5) is 40.1 Å². The third-order valence-electron chi connectivity index (χ3n) is 5.06. The van der Waals surface area contributed by atoms with Crippen LogP contribution >= 0.6 is 11.3 Å². The Morgan fingerprint density at radius 2 is 2.06 bits per heavy atom. The highest BCUT2D eigenvalue weighted by molar-refractivity contribution is 7.15. The van der Waals surface area contributed by atoms with E-state index in [1.54, 1.807) is 0 Å². The molecule has 3 heterocycles. The molecule has 0 aliphatic carbocycles. The Bertz CT molecular complexity index is 1330. The minimum absolute atomic E-state index is 0.194. The summed E-state index contributed by atoms with van der Waals surface area (Å²) in [6.07, 6.45) is -3.16. The minimum Gasteiger partial charge on any atom is -0.464 e. The number of benzene rings is 1. The minimum atomic E-state index is -4.86. The second-order valence-electron chi connectivity index (χ2n) is 7.51. The van der Waals surface area contributed by atoms with E-state index < -0.39 is 40.6 Å². The Morgan fingerprint density at radius 1 is 1.28 bits per heavy atom. The van der Waals surface area contributed by atoms with Gasteiger partial charge in [0.05, 0.1) is 21.5 Å². The van der Waals surface area contributed by atoms with Gasteiger partial charge in [0.1, 0.15) is 10.7 Å². The first-order chi connectivity index (χ1) is 17.0. The number of carboxylic acid groups (broad SMARTS) is 1. The van der Waals surface area contributed by atoms with Crippen LogP contribution in [0.3, 0.4) is 0 Å². The van der Waals surface area contributed by atoms with Gasteiger partial charge in [-0.1, -0.05) is 0 Å². The van der Waals surface area contributed by atoms with Gasteiger partial charge >= 0.3 is 18.3 Å². The number of amides is 3. The predicted molar refractivity (Wildman–Crippen MR) is 120 cm³/mol. The van der Waals surface area contributed by atoms with Crippen molar-refractivity contribution in [2.75, 3.05) is 11.4 Å². The lowest BCUT2D eigenvalue weighted by atomic mass is 10.1. The van der Waals surface area contributed by atoms with Crippen LogP contribution in [0.2, 0.25) is 0 Å². The smallest absolute Gasteiger partial charge is 0.433 e. The second-order valence-corrected chi connectivity index (χ2v) is 8.57. The van der Waals surface area contributed by atoms with Crippen molar-refractivity contribution in [1.29, 1.82) is 0 Å². The summed E-state index contributed by atoms with van der Waals surface area (Å²) in [6, 6.07) is 3.14. The molecule has 1 aliphatic rings. The van der Waals surface area contributed by atoms with Gasteiger partial charge in [-0.15, -0.1) is 11.3 Å². The van der Waals surface area contributed by atoms with Gasteiger partial charge in [-0.25, -0.2) is 29.4 Å². The molecule has 0 bridgehead atoms. The number of alkyl halides is 3. The molecule has 1 aromatic carbocycles. The van der Waals surface area contributed by atoms with E-state index in [0.29, 0.717) is 40.2 Å². The Kier molecular flexibility index (Phi) is 6.69. The van der Waals surface area contributed by atoms with Crippen molar-refractivity contribution in [3.05, 3.63) is 57.5 Å². The monoisotopic (exact) mass is 523 g/mol. The van der Waals surface area contributed by atoms with Gasteiger partial charge in [0.25, 0.3) is 5.69 Å². The number of thiazole rings is 1. The summed E-state index contributed by atoms with van der Waals surface area (Å²) in [5, 5.41) is 27.3.